The summed E-state index contributed by atoms with van der Waals surface area (Å²) in [7, 11) is -3.75. The van der Waals surface area contributed by atoms with Crippen LogP contribution >= 0.6 is 11.3 Å². The van der Waals surface area contributed by atoms with Crippen molar-refractivity contribution < 1.29 is 13.2 Å². The first-order chi connectivity index (χ1) is 17.1. The van der Waals surface area contributed by atoms with E-state index in [1.54, 1.807) is 18.2 Å². The van der Waals surface area contributed by atoms with E-state index in [1.165, 1.54) is 17.4 Å². The lowest BCUT2D eigenvalue weighted by Crippen LogP contribution is -2.37. The second kappa shape index (κ2) is 10.7. The molecule has 9 nitrogen and oxygen atoms in total. The highest BCUT2D eigenvalue weighted by molar-refractivity contribution is 7.89. The topological polar surface area (TPSA) is 126 Å². The van der Waals surface area contributed by atoms with Crippen molar-refractivity contribution in [2.24, 2.45) is 5.41 Å². The fraction of sp³-hybridized carbons (Fsp3) is 0.280. The minimum Gasteiger partial charge on any atom is -0.368 e. The average molecular weight is 525 g/mol. The van der Waals surface area contributed by atoms with Gasteiger partial charge in [-0.3, -0.25) is 4.79 Å². The number of carbonyl (C=O) groups is 1. The Morgan fingerprint density at radius 3 is 2.50 bits per heavy atom. The van der Waals surface area contributed by atoms with Gasteiger partial charge in [-0.25, -0.2) is 18.1 Å². The summed E-state index contributed by atoms with van der Waals surface area (Å²) in [6, 6.07) is 18.0. The van der Waals surface area contributed by atoms with Crippen LogP contribution in [-0.2, 0) is 21.4 Å². The Kier molecular flexibility index (Phi) is 7.62. The molecule has 1 amide bonds. The summed E-state index contributed by atoms with van der Waals surface area (Å²) >= 11 is 1.35. The Morgan fingerprint density at radius 1 is 0.972 bits per heavy atom. The summed E-state index contributed by atoms with van der Waals surface area (Å²) in [6.45, 7) is 6.64. The summed E-state index contributed by atoms with van der Waals surface area (Å²) in [5.41, 5.74) is 1.17. The van der Waals surface area contributed by atoms with Gasteiger partial charge in [0, 0.05) is 29.5 Å². The molecule has 2 heterocycles. The fourth-order valence-electron chi connectivity index (χ4n) is 3.26. The third-order valence-corrected chi connectivity index (χ3v) is 7.64. The van der Waals surface area contributed by atoms with E-state index in [0.717, 1.165) is 10.6 Å². The molecule has 3 N–H and O–H groups in total. The van der Waals surface area contributed by atoms with Gasteiger partial charge >= 0.3 is 0 Å². The van der Waals surface area contributed by atoms with Crippen LogP contribution in [0.25, 0.3) is 21.5 Å². The predicted molar refractivity (Wildman–Crippen MR) is 142 cm³/mol. The molecule has 4 rings (SSSR count). The molecule has 2 aromatic carbocycles. The molecule has 0 saturated carbocycles. The maximum atomic E-state index is 12.9. The van der Waals surface area contributed by atoms with E-state index >= 15 is 0 Å². The fourth-order valence-corrected chi connectivity index (χ4v) is 5.16. The summed E-state index contributed by atoms with van der Waals surface area (Å²) in [5, 5.41) is 16.3. The van der Waals surface area contributed by atoms with Crippen LogP contribution in [0.5, 0.6) is 0 Å². The summed E-state index contributed by atoms with van der Waals surface area (Å²) in [6.07, 6.45) is 0. The van der Waals surface area contributed by atoms with Crippen LogP contribution in [0, 0.1) is 5.41 Å². The molecule has 2 aromatic heterocycles. The van der Waals surface area contributed by atoms with E-state index in [0.29, 0.717) is 34.8 Å². The molecule has 0 unspecified atom stereocenters. The van der Waals surface area contributed by atoms with E-state index in [4.69, 9.17) is 0 Å². The molecule has 0 radical (unpaired) electrons. The normalized spacial score (nSPS) is 12.0. The molecule has 0 aliphatic carbocycles. The molecule has 0 spiro atoms. The monoisotopic (exact) mass is 524 g/mol. The van der Waals surface area contributed by atoms with E-state index in [9.17, 15) is 13.2 Å². The number of nitrogens with zero attached hydrogens (tertiary/aromatic N) is 3. The SMILES string of the molecule is CC(C)(C)C(=O)NCCNc1ccc2cc(S(=O)(=O)NCc3nnc(-c4ccccc4)s3)ccc2n1. The van der Waals surface area contributed by atoms with Crippen molar-refractivity contribution in [2.45, 2.75) is 32.2 Å². The molecule has 0 aliphatic heterocycles. The van der Waals surface area contributed by atoms with Gasteiger partial charge in [-0.1, -0.05) is 62.4 Å². The molecule has 0 saturated heterocycles. The highest BCUT2D eigenvalue weighted by Gasteiger charge is 2.20. The number of fused-ring (bicyclic) bond motifs is 1. The maximum absolute atomic E-state index is 12.9. The van der Waals surface area contributed by atoms with Crippen LogP contribution in [0.3, 0.4) is 0 Å². The number of amides is 1. The van der Waals surface area contributed by atoms with Crippen molar-refractivity contribution in [3.63, 3.8) is 0 Å². The summed E-state index contributed by atoms with van der Waals surface area (Å²) in [5.74, 6) is 0.632. The first-order valence-electron chi connectivity index (χ1n) is 11.4. The van der Waals surface area contributed by atoms with Crippen molar-refractivity contribution in [1.29, 1.82) is 0 Å². The Balaban J connectivity index is 1.36. The highest BCUT2D eigenvalue weighted by atomic mass is 32.2. The van der Waals surface area contributed by atoms with Gasteiger partial charge in [0.05, 0.1) is 17.0 Å². The number of benzene rings is 2. The summed E-state index contributed by atoms with van der Waals surface area (Å²) < 4.78 is 28.3. The molecule has 11 heteroatoms. The van der Waals surface area contributed by atoms with Crippen molar-refractivity contribution in [3.8, 4) is 10.6 Å². The number of hydrogen-bond acceptors (Lipinski definition) is 8. The second-order valence-corrected chi connectivity index (χ2v) is 12.0. The quantitative estimate of drug-likeness (QED) is 0.284. The standard InChI is InChI=1S/C25H28N6O3S2/c1-25(2,3)24(32)27-14-13-26-21-12-9-18-15-19(10-11-20(18)29-21)36(33,34)28-16-22-30-31-23(35-22)17-7-5-4-6-8-17/h4-12,15,28H,13-14,16H2,1-3H3,(H,26,29)(H,27,32). The Bertz CT molecular complexity index is 1460. The second-order valence-electron chi connectivity index (χ2n) is 9.18. The largest absolute Gasteiger partial charge is 0.368 e. The Morgan fingerprint density at radius 2 is 1.75 bits per heavy atom. The number of anilines is 1. The smallest absolute Gasteiger partial charge is 0.240 e. The van der Waals surface area contributed by atoms with Gasteiger partial charge in [0.25, 0.3) is 0 Å². The van der Waals surface area contributed by atoms with Crippen LogP contribution in [0.15, 0.2) is 65.6 Å². The van der Waals surface area contributed by atoms with E-state index in [1.807, 2.05) is 57.2 Å². The molecule has 0 atom stereocenters. The molecular formula is C25H28N6O3S2. The molecule has 0 aliphatic rings. The predicted octanol–water partition coefficient (Wildman–Crippen LogP) is 3.81. The number of hydrogen-bond donors (Lipinski definition) is 3. The van der Waals surface area contributed by atoms with Crippen LogP contribution in [-0.4, -0.2) is 42.6 Å². The Hall–Kier alpha value is -3.41. The molecular weight excluding hydrogens is 496 g/mol. The van der Waals surface area contributed by atoms with Crippen molar-refractivity contribution in [2.75, 3.05) is 18.4 Å². The number of rotatable bonds is 9. The van der Waals surface area contributed by atoms with Crippen molar-refractivity contribution in [3.05, 3.63) is 65.7 Å². The first kappa shape index (κ1) is 25.7. The number of sulfonamides is 1. The average Bonchev–Trinajstić information content (AvgIpc) is 3.34. The third kappa shape index (κ3) is 6.42. The lowest BCUT2D eigenvalue weighted by molar-refractivity contribution is -0.128. The van der Waals surface area contributed by atoms with Gasteiger partial charge < -0.3 is 10.6 Å². The van der Waals surface area contributed by atoms with Gasteiger partial charge in [-0.05, 0) is 30.3 Å². The first-order valence-corrected chi connectivity index (χ1v) is 13.7. The zero-order valence-corrected chi connectivity index (χ0v) is 21.9. The highest BCUT2D eigenvalue weighted by Crippen LogP contribution is 2.24. The van der Waals surface area contributed by atoms with Crippen LogP contribution in [0.2, 0.25) is 0 Å². The van der Waals surface area contributed by atoms with Gasteiger partial charge in [0.2, 0.25) is 15.9 Å². The zero-order chi connectivity index (χ0) is 25.8. The Labute approximate surface area is 214 Å². The number of aromatic nitrogens is 3. The van der Waals surface area contributed by atoms with Gasteiger partial charge in [0.1, 0.15) is 15.8 Å². The number of pyridine rings is 1. The lowest BCUT2D eigenvalue weighted by Gasteiger charge is -2.17. The van der Waals surface area contributed by atoms with Gasteiger partial charge in [-0.2, -0.15) is 0 Å². The van der Waals surface area contributed by atoms with Crippen molar-refractivity contribution in [1.82, 2.24) is 25.2 Å². The number of carbonyl (C=O) groups excluding carboxylic acids is 1. The molecule has 188 valence electrons. The molecule has 4 aromatic rings. The molecule has 0 fully saturated rings. The zero-order valence-electron chi connectivity index (χ0n) is 20.3. The van der Waals surface area contributed by atoms with Crippen LogP contribution < -0.4 is 15.4 Å². The van der Waals surface area contributed by atoms with Crippen LogP contribution in [0.4, 0.5) is 5.82 Å². The van der Waals surface area contributed by atoms with Crippen LogP contribution in [0.1, 0.15) is 25.8 Å². The molecule has 36 heavy (non-hydrogen) atoms. The van der Waals surface area contributed by atoms with E-state index < -0.39 is 15.4 Å². The minimum atomic E-state index is -3.75. The minimum absolute atomic E-state index is 0.0131. The lowest BCUT2D eigenvalue weighted by atomic mass is 9.96. The molecule has 0 bridgehead atoms. The number of nitrogens with one attached hydrogen (secondary N) is 3. The van der Waals surface area contributed by atoms with E-state index in [2.05, 4.69) is 30.5 Å². The third-order valence-electron chi connectivity index (χ3n) is 5.27. The van der Waals surface area contributed by atoms with E-state index in [-0.39, 0.29) is 17.3 Å². The summed E-state index contributed by atoms with van der Waals surface area (Å²) in [4.78, 5) is 16.6. The maximum Gasteiger partial charge on any atom is 0.240 e. The van der Waals surface area contributed by atoms with Gasteiger partial charge in [0.15, 0.2) is 0 Å². The van der Waals surface area contributed by atoms with Gasteiger partial charge in [-0.15, -0.1) is 10.2 Å². The van der Waals surface area contributed by atoms with Crippen molar-refractivity contribution >= 4 is 44.0 Å².